The summed E-state index contributed by atoms with van der Waals surface area (Å²) in [6, 6.07) is 14.8. The SMILES string of the molecule is Cc1cccc(Oc2ccc(NC(=O)CN(CC(=O)O)C(C)C)cc2)c1. The Labute approximate surface area is 153 Å². The number of carbonyl (C=O) groups is 2. The molecule has 0 saturated carbocycles. The molecule has 0 radical (unpaired) electrons. The lowest BCUT2D eigenvalue weighted by Crippen LogP contribution is -2.41. The maximum atomic E-state index is 12.1. The first-order valence-electron chi connectivity index (χ1n) is 8.44. The van der Waals surface area contributed by atoms with Gasteiger partial charge in [0.1, 0.15) is 11.5 Å². The van der Waals surface area contributed by atoms with Gasteiger partial charge in [0, 0.05) is 11.7 Å². The number of carbonyl (C=O) groups excluding carboxylic acids is 1. The van der Waals surface area contributed by atoms with E-state index in [1.54, 1.807) is 29.2 Å². The smallest absolute Gasteiger partial charge is 0.317 e. The third kappa shape index (κ3) is 6.22. The molecule has 2 N–H and O–H groups in total. The van der Waals surface area contributed by atoms with Gasteiger partial charge in [0.15, 0.2) is 0 Å². The zero-order valence-electron chi connectivity index (χ0n) is 15.2. The normalized spacial score (nSPS) is 10.8. The number of rotatable bonds is 8. The summed E-state index contributed by atoms with van der Waals surface area (Å²) in [4.78, 5) is 24.6. The molecular formula is C20H24N2O4. The first kappa shape index (κ1) is 19.5. The molecule has 0 aromatic heterocycles. The van der Waals surface area contributed by atoms with Crippen LogP contribution in [0.5, 0.6) is 11.5 Å². The van der Waals surface area contributed by atoms with Crippen LogP contribution in [0.15, 0.2) is 48.5 Å². The molecule has 0 fully saturated rings. The number of amides is 1. The van der Waals surface area contributed by atoms with E-state index in [0.717, 1.165) is 11.3 Å². The number of ether oxygens (including phenoxy) is 1. The Bertz CT molecular complexity index is 757. The van der Waals surface area contributed by atoms with Crippen molar-refractivity contribution in [3.63, 3.8) is 0 Å². The fraction of sp³-hybridized carbons (Fsp3) is 0.300. The van der Waals surface area contributed by atoms with Crippen molar-refractivity contribution < 1.29 is 19.4 Å². The highest BCUT2D eigenvalue weighted by Crippen LogP contribution is 2.23. The average molecular weight is 356 g/mol. The number of carboxylic acids is 1. The molecule has 2 rings (SSSR count). The second-order valence-corrected chi connectivity index (χ2v) is 6.38. The summed E-state index contributed by atoms with van der Waals surface area (Å²) < 4.78 is 5.77. The van der Waals surface area contributed by atoms with Crippen LogP contribution in [0, 0.1) is 6.92 Å². The van der Waals surface area contributed by atoms with E-state index in [-0.39, 0.29) is 25.0 Å². The fourth-order valence-corrected chi connectivity index (χ4v) is 2.40. The summed E-state index contributed by atoms with van der Waals surface area (Å²) in [5.74, 6) is 0.211. The van der Waals surface area contributed by atoms with Gasteiger partial charge in [0.2, 0.25) is 5.91 Å². The second-order valence-electron chi connectivity index (χ2n) is 6.38. The summed E-state index contributed by atoms with van der Waals surface area (Å²) in [7, 11) is 0. The van der Waals surface area contributed by atoms with Gasteiger partial charge in [-0.15, -0.1) is 0 Å². The van der Waals surface area contributed by atoms with E-state index < -0.39 is 5.97 Å². The maximum Gasteiger partial charge on any atom is 0.317 e. The lowest BCUT2D eigenvalue weighted by Gasteiger charge is -2.23. The topological polar surface area (TPSA) is 78.9 Å². The molecule has 1 amide bonds. The van der Waals surface area contributed by atoms with E-state index in [2.05, 4.69) is 5.32 Å². The minimum atomic E-state index is -0.954. The van der Waals surface area contributed by atoms with Gasteiger partial charge >= 0.3 is 5.97 Å². The van der Waals surface area contributed by atoms with Crippen molar-refractivity contribution in [1.82, 2.24) is 4.90 Å². The van der Waals surface area contributed by atoms with Crippen molar-refractivity contribution in [3.8, 4) is 11.5 Å². The number of aliphatic carboxylic acids is 1. The van der Waals surface area contributed by atoms with Crippen molar-refractivity contribution >= 4 is 17.6 Å². The molecule has 0 saturated heterocycles. The van der Waals surface area contributed by atoms with E-state index in [4.69, 9.17) is 9.84 Å². The molecule has 2 aromatic carbocycles. The number of aryl methyl sites for hydroxylation is 1. The van der Waals surface area contributed by atoms with Crippen molar-refractivity contribution in [2.24, 2.45) is 0 Å². The zero-order chi connectivity index (χ0) is 19.1. The lowest BCUT2D eigenvalue weighted by molar-refractivity contribution is -0.139. The molecule has 6 nitrogen and oxygen atoms in total. The number of hydrogen-bond donors (Lipinski definition) is 2. The summed E-state index contributed by atoms with van der Waals surface area (Å²) in [5.41, 5.74) is 1.74. The Morgan fingerprint density at radius 2 is 1.77 bits per heavy atom. The van der Waals surface area contributed by atoms with Crippen LogP contribution in [-0.2, 0) is 9.59 Å². The number of benzene rings is 2. The van der Waals surface area contributed by atoms with Gasteiger partial charge in [-0.3, -0.25) is 14.5 Å². The van der Waals surface area contributed by atoms with Crippen molar-refractivity contribution in [2.75, 3.05) is 18.4 Å². The highest BCUT2D eigenvalue weighted by molar-refractivity contribution is 5.92. The predicted molar refractivity (Wildman–Crippen MR) is 101 cm³/mol. The largest absolute Gasteiger partial charge is 0.480 e. The molecule has 0 aliphatic rings. The van der Waals surface area contributed by atoms with Crippen molar-refractivity contribution in [1.29, 1.82) is 0 Å². The molecule has 0 unspecified atom stereocenters. The predicted octanol–water partition coefficient (Wildman–Crippen LogP) is 3.52. The van der Waals surface area contributed by atoms with Crippen LogP contribution in [-0.4, -0.2) is 41.0 Å². The summed E-state index contributed by atoms with van der Waals surface area (Å²) in [5, 5.41) is 11.7. The van der Waals surface area contributed by atoms with Gasteiger partial charge in [0.25, 0.3) is 0 Å². The van der Waals surface area contributed by atoms with E-state index in [9.17, 15) is 9.59 Å². The van der Waals surface area contributed by atoms with E-state index in [0.29, 0.717) is 11.4 Å². The van der Waals surface area contributed by atoms with Gasteiger partial charge < -0.3 is 15.2 Å². The molecule has 0 aliphatic heterocycles. The monoisotopic (exact) mass is 356 g/mol. The number of nitrogens with zero attached hydrogens (tertiary/aromatic N) is 1. The van der Waals surface area contributed by atoms with Gasteiger partial charge in [0.05, 0.1) is 13.1 Å². The van der Waals surface area contributed by atoms with Crippen LogP contribution in [0.25, 0.3) is 0 Å². The number of anilines is 1. The number of hydrogen-bond acceptors (Lipinski definition) is 4. The average Bonchev–Trinajstić information content (AvgIpc) is 2.55. The van der Waals surface area contributed by atoms with E-state index in [1.807, 2.05) is 45.0 Å². The number of carboxylic acid groups (broad SMARTS) is 1. The highest BCUT2D eigenvalue weighted by atomic mass is 16.5. The third-order valence-electron chi connectivity index (χ3n) is 3.78. The summed E-state index contributed by atoms with van der Waals surface area (Å²) in [6.45, 7) is 5.55. The molecule has 0 spiro atoms. The fourth-order valence-electron chi connectivity index (χ4n) is 2.40. The minimum absolute atomic E-state index is 0.0194. The maximum absolute atomic E-state index is 12.1. The molecule has 138 valence electrons. The van der Waals surface area contributed by atoms with Gasteiger partial charge in [-0.25, -0.2) is 0 Å². The van der Waals surface area contributed by atoms with Crippen LogP contribution in [0.3, 0.4) is 0 Å². The number of nitrogens with one attached hydrogen (secondary N) is 1. The third-order valence-corrected chi connectivity index (χ3v) is 3.78. The molecular weight excluding hydrogens is 332 g/mol. The molecule has 26 heavy (non-hydrogen) atoms. The van der Waals surface area contributed by atoms with Crippen LogP contribution in [0.4, 0.5) is 5.69 Å². The molecule has 0 bridgehead atoms. The van der Waals surface area contributed by atoms with Crippen molar-refractivity contribution in [3.05, 3.63) is 54.1 Å². The minimum Gasteiger partial charge on any atom is -0.480 e. The first-order chi connectivity index (χ1) is 12.3. The van der Waals surface area contributed by atoms with E-state index in [1.165, 1.54) is 0 Å². The highest BCUT2D eigenvalue weighted by Gasteiger charge is 2.17. The second kappa shape index (κ2) is 9.01. The zero-order valence-corrected chi connectivity index (χ0v) is 15.2. The van der Waals surface area contributed by atoms with Crippen LogP contribution >= 0.6 is 0 Å². The summed E-state index contributed by atoms with van der Waals surface area (Å²) in [6.07, 6.45) is 0. The first-order valence-corrected chi connectivity index (χ1v) is 8.44. The van der Waals surface area contributed by atoms with Crippen LogP contribution in [0.1, 0.15) is 19.4 Å². The molecule has 0 heterocycles. The van der Waals surface area contributed by atoms with Gasteiger partial charge in [-0.2, -0.15) is 0 Å². The lowest BCUT2D eigenvalue weighted by atomic mass is 10.2. The molecule has 6 heteroatoms. The standard InChI is InChI=1S/C20H24N2O4/c1-14(2)22(13-20(24)25)12-19(23)21-16-7-9-17(10-8-16)26-18-6-4-5-15(3)11-18/h4-11,14H,12-13H2,1-3H3,(H,21,23)(H,24,25). The van der Waals surface area contributed by atoms with Crippen LogP contribution in [0.2, 0.25) is 0 Å². The van der Waals surface area contributed by atoms with Gasteiger partial charge in [-0.1, -0.05) is 12.1 Å². The van der Waals surface area contributed by atoms with Crippen molar-refractivity contribution in [2.45, 2.75) is 26.8 Å². The Morgan fingerprint density at radius 3 is 2.35 bits per heavy atom. The van der Waals surface area contributed by atoms with E-state index >= 15 is 0 Å². The molecule has 0 atom stereocenters. The Balaban J connectivity index is 1.93. The molecule has 2 aromatic rings. The van der Waals surface area contributed by atoms with Gasteiger partial charge in [-0.05, 0) is 62.7 Å². The van der Waals surface area contributed by atoms with Crippen LogP contribution < -0.4 is 10.1 Å². The summed E-state index contributed by atoms with van der Waals surface area (Å²) >= 11 is 0. The molecule has 0 aliphatic carbocycles. The Morgan fingerprint density at radius 1 is 1.08 bits per heavy atom. The quantitative estimate of drug-likeness (QED) is 0.756. The Hall–Kier alpha value is -2.86. The Kier molecular flexibility index (Phi) is 6.74.